The maximum atomic E-state index is 3.75. The fourth-order valence-corrected chi connectivity index (χ4v) is 3.24. The Morgan fingerprint density at radius 3 is 2.41 bits per heavy atom. The summed E-state index contributed by atoms with van der Waals surface area (Å²) in [5.74, 6) is 0. The van der Waals surface area contributed by atoms with E-state index in [9.17, 15) is 0 Å². The van der Waals surface area contributed by atoms with Crippen LogP contribution in [0.5, 0.6) is 0 Å². The van der Waals surface area contributed by atoms with Gasteiger partial charge in [-0.15, -0.1) is 0 Å². The van der Waals surface area contributed by atoms with E-state index in [2.05, 4.69) is 61.0 Å². The van der Waals surface area contributed by atoms with Crippen LogP contribution in [0.3, 0.4) is 0 Å². The molecule has 0 heterocycles. The molecule has 1 aromatic rings. The van der Waals surface area contributed by atoms with Crippen molar-refractivity contribution in [1.29, 1.82) is 0 Å². The summed E-state index contributed by atoms with van der Waals surface area (Å²) in [5, 5.41) is 1.12. The lowest BCUT2D eigenvalue weighted by molar-refractivity contribution is 0.283. The van der Waals surface area contributed by atoms with Gasteiger partial charge in [-0.1, -0.05) is 66.9 Å². The number of unbranched alkanes of at least 4 members (excludes halogenated alkanes) is 1. The molecule has 1 heteroatoms. The molecule has 96 valence electrons. The SMILES string of the molecule is CCCCC(CC)(CBr)Cc1ccccc1C. The minimum absolute atomic E-state index is 0.447. The minimum atomic E-state index is 0.447. The molecule has 0 bridgehead atoms. The van der Waals surface area contributed by atoms with Crippen molar-refractivity contribution in [2.75, 3.05) is 5.33 Å². The van der Waals surface area contributed by atoms with Crippen LogP contribution in [-0.4, -0.2) is 5.33 Å². The lowest BCUT2D eigenvalue weighted by Crippen LogP contribution is -2.25. The molecule has 0 aromatic heterocycles. The molecule has 0 aliphatic rings. The van der Waals surface area contributed by atoms with Crippen LogP contribution < -0.4 is 0 Å². The Bertz CT molecular complexity index is 326. The molecule has 0 saturated carbocycles. The van der Waals surface area contributed by atoms with Crippen molar-refractivity contribution in [3.05, 3.63) is 35.4 Å². The van der Waals surface area contributed by atoms with Gasteiger partial charge in [0.25, 0.3) is 0 Å². The van der Waals surface area contributed by atoms with Gasteiger partial charge < -0.3 is 0 Å². The molecule has 1 aromatic carbocycles. The second kappa shape index (κ2) is 7.20. The molecule has 1 unspecified atom stereocenters. The Morgan fingerprint density at radius 2 is 1.88 bits per heavy atom. The molecule has 0 radical (unpaired) electrons. The summed E-state index contributed by atoms with van der Waals surface area (Å²) in [5.41, 5.74) is 3.40. The summed E-state index contributed by atoms with van der Waals surface area (Å²) in [6.45, 7) is 6.83. The number of rotatable bonds is 7. The average molecular weight is 297 g/mol. The van der Waals surface area contributed by atoms with Crippen LogP contribution in [0.4, 0.5) is 0 Å². The zero-order chi connectivity index (χ0) is 12.7. The van der Waals surface area contributed by atoms with Gasteiger partial charge in [0.15, 0.2) is 0 Å². The monoisotopic (exact) mass is 296 g/mol. The molecule has 1 rings (SSSR count). The Balaban J connectivity index is 2.82. The highest BCUT2D eigenvalue weighted by Gasteiger charge is 2.27. The van der Waals surface area contributed by atoms with Crippen molar-refractivity contribution in [1.82, 2.24) is 0 Å². The fraction of sp³-hybridized carbons (Fsp3) is 0.625. The molecule has 0 nitrogen and oxygen atoms in total. The zero-order valence-electron chi connectivity index (χ0n) is 11.4. The lowest BCUT2D eigenvalue weighted by Gasteiger charge is -2.31. The smallest absolute Gasteiger partial charge is 0.00910 e. The van der Waals surface area contributed by atoms with Gasteiger partial charge in [-0.25, -0.2) is 0 Å². The van der Waals surface area contributed by atoms with E-state index < -0.39 is 0 Å². The van der Waals surface area contributed by atoms with E-state index in [1.807, 2.05) is 0 Å². The van der Waals surface area contributed by atoms with Gasteiger partial charge in [0.05, 0.1) is 0 Å². The quantitative estimate of drug-likeness (QED) is 0.581. The summed E-state index contributed by atoms with van der Waals surface area (Å²) < 4.78 is 0. The van der Waals surface area contributed by atoms with Crippen molar-refractivity contribution in [2.24, 2.45) is 5.41 Å². The summed E-state index contributed by atoms with van der Waals surface area (Å²) >= 11 is 3.75. The normalized spacial score (nSPS) is 14.6. The highest BCUT2D eigenvalue weighted by molar-refractivity contribution is 9.09. The summed E-state index contributed by atoms with van der Waals surface area (Å²) in [6, 6.07) is 8.81. The van der Waals surface area contributed by atoms with Gasteiger partial charge in [0.2, 0.25) is 0 Å². The lowest BCUT2D eigenvalue weighted by atomic mass is 9.76. The van der Waals surface area contributed by atoms with Crippen LogP contribution in [0, 0.1) is 12.3 Å². The predicted octanol–water partition coefficient (Wildman–Crippen LogP) is 5.52. The first kappa shape index (κ1) is 14.8. The van der Waals surface area contributed by atoms with E-state index >= 15 is 0 Å². The molecule has 0 aliphatic heterocycles. The van der Waals surface area contributed by atoms with E-state index in [4.69, 9.17) is 0 Å². The maximum absolute atomic E-state index is 3.75. The second-order valence-corrected chi connectivity index (χ2v) is 5.75. The van der Waals surface area contributed by atoms with Gasteiger partial charge in [0.1, 0.15) is 0 Å². The molecule has 0 saturated heterocycles. The van der Waals surface area contributed by atoms with Crippen molar-refractivity contribution >= 4 is 15.9 Å². The number of hydrogen-bond donors (Lipinski definition) is 0. The molecule has 0 spiro atoms. The highest BCUT2D eigenvalue weighted by Crippen LogP contribution is 2.35. The van der Waals surface area contributed by atoms with Crippen LogP contribution in [-0.2, 0) is 6.42 Å². The van der Waals surface area contributed by atoms with Crippen molar-refractivity contribution in [2.45, 2.75) is 52.9 Å². The third-order valence-corrected chi connectivity index (χ3v) is 5.11. The Kier molecular flexibility index (Phi) is 6.26. The van der Waals surface area contributed by atoms with Crippen LogP contribution in [0.2, 0.25) is 0 Å². The molecule has 1 atom stereocenters. The van der Waals surface area contributed by atoms with E-state index in [0.717, 1.165) is 5.33 Å². The summed E-state index contributed by atoms with van der Waals surface area (Å²) in [7, 11) is 0. The Hall–Kier alpha value is -0.300. The standard InChI is InChI=1S/C16H25Br/c1-4-6-11-16(5-2,13-17)12-15-10-8-7-9-14(15)3/h7-10H,4-6,11-13H2,1-3H3. The van der Waals surface area contributed by atoms with E-state index in [1.165, 1.54) is 43.2 Å². The maximum Gasteiger partial charge on any atom is 0.00910 e. The molecule has 0 aliphatic carbocycles. The molecule has 0 N–H and O–H groups in total. The largest absolute Gasteiger partial charge is 0.0922 e. The molecule has 17 heavy (non-hydrogen) atoms. The number of alkyl halides is 1. The van der Waals surface area contributed by atoms with Gasteiger partial charge in [-0.05, 0) is 42.7 Å². The molecule has 0 fully saturated rings. The third kappa shape index (κ3) is 4.13. The van der Waals surface area contributed by atoms with Crippen LogP contribution in [0.1, 0.15) is 50.7 Å². The predicted molar refractivity (Wildman–Crippen MR) is 80.9 cm³/mol. The van der Waals surface area contributed by atoms with Crippen LogP contribution >= 0.6 is 15.9 Å². The molecular formula is C16H25Br. The molecule has 0 amide bonds. The summed E-state index contributed by atoms with van der Waals surface area (Å²) in [6.07, 6.45) is 6.43. The average Bonchev–Trinajstić information content (AvgIpc) is 2.37. The first-order valence-electron chi connectivity index (χ1n) is 6.78. The molecular weight excluding hydrogens is 272 g/mol. The topological polar surface area (TPSA) is 0 Å². The van der Waals surface area contributed by atoms with Crippen molar-refractivity contribution in [3.8, 4) is 0 Å². The van der Waals surface area contributed by atoms with E-state index in [1.54, 1.807) is 0 Å². The number of benzene rings is 1. The Morgan fingerprint density at radius 1 is 1.18 bits per heavy atom. The minimum Gasteiger partial charge on any atom is -0.0922 e. The summed E-state index contributed by atoms with van der Waals surface area (Å²) in [4.78, 5) is 0. The number of halogens is 1. The Labute approximate surface area is 115 Å². The van der Waals surface area contributed by atoms with Gasteiger partial charge in [-0.3, -0.25) is 0 Å². The fourth-order valence-electron chi connectivity index (χ4n) is 2.36. The first-order chi connectivity index (χ1) is 8.17. The third-order valence-electron chi connectivity index (χ3n) is 3.92. The van der Waals surface area contributed by atoms with Gasteiger partial charge in [0, 0.05) is 5.33 Å². The van der Waals surface area contributed by atoms with E-state index in [-0.39, 0.29) is 0 Å². The van der Waals surface area contributed by atoms with Crippen LogP contribution in [0.25, 0.3) is 0 Å². The first-order valence-corrected chi connectivity index (χ1v) is 7.90. The van der Waals surface area contributed by atoms with E-state index in [0.29, 0.717) is 5.41 Å². The van der Waals surface area contributed by atoms with Gasteiger partial charge in [-0.2, -0.15) is 0 Å². The van der Waals surface area contributed by atoms with Crippen molar-refractivity contribution < 1.29 is 0 Å². The number of aryl methyl sites for hydroxylation is 1. The highest BCUT2D eigenvalue weighted by atomic mass is 79.9. The zero-order valence-corrected chi connectivity index (χ0v) is 13.0. The van der Waals surface area contributed by atoms with Crippen LogP contribution in [0.15, 0.2) is 24.3 Å². The van der Waals surface area contributed by atoms with Crippen molar-refractivity contribution in [3.63, 3.8) is 0 Å². The number of hydrogen-bond acceptors (Lipinski definition) is 0. The second-order valence-electron chi connectivity index (χ2n) is 5.19. The van der Waals surface area contributed by atoms with Gasteiger partial charge >= 0.3 is 0 Å².